The van der Waals surface area contributed by atoms with E-state index < -0.39 is 0 Å². The minimum absolute atomic E-state index is 0.0569. The summed E-state index contributed by atoms with van der Waals surface area (Å²) in [5.74, 6) is 0.0569. The van der Waals surface area contributed by atoms with E-state index in [-0.39, 0.29) is 11.9 Å². The highest BCUT2D eigenvalue weighted by molar-refractivity contribution is 7.00. The Hall–Kier alpha value is -2.42. The quantitative estimate of drug-likeness (QED) is 0.672. The van der Waals surface area contributed by atoms with Crippen LogP contribution in [-0.4, -0.2) is 62.8 Å². The van der Waals surface area contributed by atoms with Gasteiger partial charge < -0.3 is 9.64 Å². The molecule has 0 radical (unpaired) electrons. The Morgan fingerprint density at radius 3 is 2.85 bits per heavy atom. The molecule has 1 atom stereocenters. The van der Waals surface area contributed by atoms with Crippen LogP contribution in [0.5, 0.6) is 0 Å². The fourth-order valence-electron chi connectivity index (χ4n) is 3.37. The van der Waals surface area contributed by atoms with Crippen LogP contribution < -0.4 is 0 Å². The molecule has 27 heavy (non-hydrogen) atoms. The molecule has 7 nitrogen and oxygen atoms in total. The average Bonchev–Trinajstić information content (AvgIpc) is 3.17. The van der Waals surface area contributed by atoms with Crippen LogP contribution in [0.1, 0.15) is 17.2 Å². The van der Waals surface area contributed by atoms with Gasteiger partial charge in [-0.15, -0.1) is 0 Å². The number of aromatic nitrogens is 3. The molecule has 1 aliphatic rings. The Kier molecular flexibility index (Phi) is 5.38. The van der Waals surface area contributed by atoms with Crippen LogP contribution in [0.2, 0.25) is 0 Å². The van der Waals surface area contributed by atoms with Crippen LogP contribution in [0.15, 0.2) is 42.7 Å². The zero-order valence-corrected chi connectivity index (χ0v) is 15.9. The fraction of sp³-hybridized carbons (Fsp3) is 0.368. The van der Waals surface area contributed by atoms with Gasteiger partial charge in [0.05, 0.1) is 24.9 Å². The lowest BCUT2D eigenvalue weighted by atomic mass is 10.0. The van der Waals surface area contributed by atoms with Gasteiger partial charge in [-0.1, -0.05) is 12.1 Å². The largest absolute Gasteiger partial charge is 0.379 e. The van der Waals surface area contributed by atoms with Crippen LogP contribution in [0.3, 0.4) is 0 Å². The van der Waals surface area contributed by atoms with Crippen LogP contribution in [0.25, 0.3) is 11.0 Å². The number of hydrogen-bond acceptors (Lipinski definition) is 7. The molecular formula is C19H21N5O2S. The minimum Gasteiger partial charge on any atom is -0.379 e. The summed E-state index contributed by atoms with van der Waals surface area (Å²) in [5.41, 5.74) is 3.71. The standard InChI is InChI=1S/C19H21N5O2S/c1-23(13-14-4-5-16-17(11-14)22-27-21-16)19(25)18(15-3-2-6-20-12-15)24-7-9-26-10-8-24/h2-6,11-12,18H,7-10,13H2,1H3/t18-/m0/s1. The van der Waals surface area contributed by atoms with Crippen molar-refractivity contribution >= 4 is 28.7 Å². The van der Waals surface area contributed by atoms with Gasteiger partial charge in [0.1, 0.15) is 17.1 Å². The summed E-state index contributed by atoms with van der Waals surface area (Å²) in [5, 5.41) is 0. The van der Waals surface area contributed by atoms with Crippen molar-refractivity contribution in [3.8, 4) is 0 Å². The Morgan fingerprint density at radius 1 is 1.26 bits per heavy atom. The first-order chi connectivity index (χ1) is 13.2. The lowest BCUT2D eigenvalue weighted by molar-refractivity contribution is -0.138. The Bertz CT molecular complexity index is 911. The normalized spacial score (nSPS) is 16.3. The predicted molar refractivity (Wildman–Crippen MR) is 103 cm³/mol. The number of carbonyl (C=O) groups excluding carboxylic acids is 1. The van der Waals surface area contributed by atoms with E-state index in [2.05, 4.69) is 18.6 Å². The van der Waals surface area contributed by atoms with Gasteiger partial charge in [0, 0.05) is 39.1 Å². The summed E-state index contributed by atoms with van der Waals surface area (Å²) in [7, 11) is 1.84. The van der Waals surface area contributed by atoms with Gasteiger partial charge in [0.2, 0.25) is 5.91 Å². The average molecular weight is 383 g/mol. The van der Waals surface area contributed by atoms with Crippen molar-refractivity contribution in [3.05, 3.63) is 53.9 Å². The second kappa shape index (κ2) is 8.08. The number of amides is 1. The van der Waals surface area contributed by atoms with Gasteiger partial charge in [-0.2, -0.15) is 8.75 Å². The number of morpholine rings is 1. The number of hydrogen-bond donors (Lipinski definition) is 0. The van der Waals surface area contributed by atoms with Crippen molar-refractivity contribution < 1.29 is 9.53 Å². The summed E-state index contributed by atoms with van der Waals surface area (Å²) in [4.78, 5) is 21.5. The van der Waals surface area contributed by atoms with Gasteiger partial charge in [0.15, 0.2) is 0 Å². The first-order valence-electron chi connectivity index (χ1n) is 8.90. The molecule has 1 saturated heterocycles. The topological polar surface area (TPSA) is 71.5 Å². The third kappa shape index (κ3) is 3.97. The second-order valence-corrected chi connectivity index (χ2v) is 7.15. The summed E-state index contributed by atoms with van der Waals surface area (Å²) in [6.45, 7) is 3.26. The molecular weight excluding hydrogens is 362 g/mol. The highest BCUT2D eigenvalue weighted by Crippen LogP contribution is 2.24. The molecule has 0 saturated carbocycles. The molecule has 0 spiro atoms. The van der Waals surface area contributed by atoms with Crippen molar-refractivity contribution in [1.29, 1.82) is 0 Å². The van der Waals surface area contributed by atoms with Crippen LogP contribution in [0, 0.1) is 0 Å². The third-order valence-corrected chi connectivity index (χ3v) is 5.32. The molecule has 3 heterocycles. The minimum atomic E-state index is -0.350. The summed E-state index contributed by atoms with van der Waals surface area (Å²) in [6.07, 6.45) is 3.50. The lowest BCUT2D eigenvalue weighted by Crippen LogP contribution is -2.46. The second-order valence-electron chi connectivity index (χ2n) is 6.62. The van der Waals surface area contributed by atoms with E-state index in [1.165, 1.54) is 11.7 Å². The van der Waals surface area contributed by atoms with E-state index in [4.69, 9.17) is 4.74 Å². The van der Waals surface area contributed by atoms with E-state index in [0.717, 1.165) is 35.2 Å². The van der Waals surface area contributed by atoms with E-state index >= 15 is 0 Å². The van der Waals surface area contributed by atoms with Crippen LogP contribution >= 0.6 is 11.7 Å². The van der Waals surface area contributed by atoms with E-state index in [9.17, 15) is 4.79 Å². The third-order valence-electron chi connectivity index (χ3n) is 4.76. The molecule has 1 aliphatic heterocycles. The first kappa shape index (κ1) is 18.0. The molecule has 4 rings (SSSR count). The Morgan fingerprint density at radius 2 is 2.07 bits per heavy atom. The van der Waals surface area contributed by atoms with Gasteiger partial charge >= 0.3 is 0 Å². The molecule has 140 valence electrons. The number of pyridine rings is 1. The number of benzene rings is 1. The molecule has 0 N–H and O–H groups in total. The highest BCUT2D eigenvalue weighted by Gasteiger charge is 2.31. The molecule has 0 unspecified atom stereocenters. The number of likely N-dealkylation sites (N-methyl/N-ethyl adjacent to an activating group) is 1. The summed E-state index contributed by atoms with van der Waals surface area (Å²) < 4.78 is 14.0. The molecule has 0 bridgehead atoms. The van der Waals surface area contributed by atoms with Crippen molar-refractivity contribution in [2.45, 2.75) is 12.6 Å². The van der Waals surface area contributed by atoms with E-state index in [1.54, 1.807) is 17.3 Å². The van der Waals surface area contributed by atoms with Gasteiger partial charge in [-0.25, -0.2) is 0 Å². The molecule has 1 fully saturated rings. The SMILES string of the molecule is CN(Cc1ccc2nsnc2c1)C(=O)[C@H](c1cccnc1)N1CCOCC1. The van der Waals surface area contributed by atoms with Crippen molar-refractivity contribution in [2.75, 3.05) is 33.4 Å². The van der Waals surface area contributed by atoms with Crippen LogP contribution in [0.4, 0.5) is 0 Å². The molecule has 1 aromatic carbocycles. The zero-order chi connectivity index (χ0) is 18.6. The Labute approximate surface area is 161 Å². The lowest BCUT2D eigenvalue weighted by Gasteiger charge is -2.35. The number of rotatable bonds is 5. The van der Waals surface area contributed by atoms with Crippen molar-refractivity contribution in [2.24, 2.45) is 0 Å². The van der Waals surface area contributed by atoms with Gasteiger partial charge in [0.25, 0.3) is 0 Å². The first-order valence-corrected chi connectivity index (χ1v) is 9.63. The maximum absolute atomic E-state index is 13.4. The summed E-state index contributed by atoms with van der Waals surface area (Å²) >= 11 is 1.20. The van der Waals surface area contributed by atoms with E-state index in [1.807, 2.05) is 37.4 Å². The smallest absolute Gasteiger partial charge is 0.244 e. The van der Waals surface area contributed by atoms with Crippen molar-refractivity contribution in [3.63, 3.8) is 0 Å². The predicted octanol–water partition coefficient (Wildman–Crippen LogP) is 2.12. The number of carbonyl (C=O) groups is 1. The Balaban J connectivity index is 1.55. The van der Waals surface area contributed by atoms with Gasteiger partial charge in [-0.3, -0.25) is 14.7 Å². The summed E-state index contributed by atoms with van der Waals surface area (Å²) in [6, 6.07) is 9.44. The monoisotopic (exact) mass is 383 g/mol. The van der Waals surface area contributed by atoms with E-state index in [0.29, 0.717) is 19.8 Å². The highest BCUT2D eigenvalue weighted by atomic mass is 32.1. The maximum atomic E-state index is 13.4. The number of nitrogens with zero attached hydrogens (tertiary/aromatic N) is 5. The molecule has 8 heteroatoms. The maximum Gasteiger partial charge on any atom is 0.244 e. The number of ether oxygens (including phenoxy) is 1. The number of fused-ring (bicyclic) bond motifs is 1. The molecule has 3 aromatic rings. The zero-order valence-electron chi connectivity index (χ0n) is 15.1. The molecule has 0 aliphatic carbocycles. The fourth-order valence-corrected chi connectivity index (χ4v) is 3.89. The molecule has 2 aromatic heterocycles. The molecule has 1 amide bonds. The van der Waals surface area contributed by atoms with Crippen LogP contribution in [-0.2, 0) is 16.1 Å². The van der Waals surface area contributed by atoms with Crippen molar-refractivity contribution in [1.82, 2.24) is 23.5 Å². The van der Waals surface area contributed by atoms with Gasteiger partial charge in [-0.05, 0) is 29.3 Å².